The van der Waals surface area contributed by atoms with Crippen LogP contribution in [0, 0.1) is 0 Å². The van der Waals surface area contributed by atoms with Crippen LogP contribution in [0.1, 0.15) is 98.3 Å². The normalized spacial score (nSPS) is 12.4. The lowest BCUT2D eigenvalue weighted by molar-refractivity contribution is -0.490. The fourth-order valence-electron chi connectivity index (χ4n) is 2.56. The smallest absolute Gasteiger partial charge is 0.306 e. The van der Waals surface area contributed by atoms with E-state index in [9.17, 15) is 4.79 Å². The van der Waals surface area contributed by atoms with Gasteiger partial charge in [0.05, 0.1) is 0 Å². The summed E-state index contributed by atoms with van der Waals surface area (Å²) in [5.74, 6) is -1.45. The standard InChI is InChI=1S/C18H36O6/c1-5-6-11-14-18(23-20,24-21)15-12-9-7-8-10-13-16(19)22-17(2,3)4/h20-21H,5-15H2,1-4H3. The molecule has 144 valence electrons. The molecule has 0 aromatic carbocycles. The molecule has 6 heteroatoms. The van der Waals surface area contributed by atoms with Gasteiger partial charge in [-0.1, -0.05) is 39.0 Å². The Bertz CT molecular complexity index is 320. The van der Waals surface area contributed by atoms with E-state index in [1.165, 1.54) is 0 Å². The summed E-state index contributed by atoms with van der Waals surface area (Å²) in [6, 6.07) is 0. The van der Waals surface area contributed by atoms with Crippen LogP contribution in [0.15, 0.2) is 0 Å². The van der Waals surface area contributed by atoms with Crippen LogP contribution in [-0.4, -0.2) is 27.9 Å². The molecule has 0 saturated heterocycles. The number of hydrogen-bond donors (Lipinski definition) is 2. The summed E-state index contributed by atoms with van der Waals surface area (Å²) < 4.78 is 5.26. The number of rotatable bonds is 14. The number of ether oxygens (including phenoxy) is 1. The summed E-state index contributed by atoms with van der Waals surface area (Å²) in [4.78, 5) is 20.4. The molecule has 2 N–H and O–H groups in total. The first kappa shape index (κ1) is 23.3. The second-order valence-electron chi connectivity index (χ2n) is 7.40. The quantitative estimate of drug-likeness (QED) is 0.145. The van der Waals surface area contributed by atoms with Gasteiger partial charge in [-0.25, -0.2) is 20.3 Å². The van der Waals surface area contributed by atoms with Crippen molar-refractivity contribution >= 4 is 5.97 Å². The van der Waals surface area contributed by atoms with Crippen LogP contribution in [0.4, 0.5) is 0 Å². The molecule has 0 saturated carbocycles. The van der Waals surface area contributed by atoms with Crippen LogP contribution in [0.3, 0.4) is 0 Å². The molecule has 0 unspecified atom stereocenters. The van der Waals surface area contributed by atoms with E-state index in [1.807, 2.05) is 20.8 Å². The summed E-state index contributed by atoms with van der Waals surface area (Å²) in [5.41, 5.74) is -0.424. The zero-order valence-electron chi connectivity index (χ0n) is 15.8. The lowest BCUT2D eigenvalue weighted by Gasteiger charge is -2.26. The van der Waals surface area contributed by atoms with Gasteiger partial charge >= 0.3 is 5.97 Å². The zero-order chi connectivity index (χ0) is 18.5. The maximum absolute atomic E-state index is 11.6. The van der Waals surface area contributed by atoms with E-state index in [4.69, 9.17) is 15.3 Å². The third kappa shape index (κ3) is 11.8. The van der Waals surface area contributed by atoms with Crippen LogP contribution in [0.2, 0.25) is 0 Å². The number of hydrogen-bond acceptors (Lipinski definition) is 6. The molecule has 0 aliphatic rings. The number of esters is 1. The molecule has 0 rings (SSSR count). The minimum absolute atomic E-state index is 0.153. The van der Waals surface area contributed by atoms with Gasteiger partial charge in [0.1, 0.15) is 5.60 Å². The van der Waals surface area contributed by atoms with Crippen LogP contribution in [-0.2, 0) is 19.3 Å². The Labute approximate surface area is 146 Å². The lowest BCUT2D eigenvalue weighted by atomic mass is 10.00. The van der Waals surface area contributed by atoms with Crippen molar-refractivity contribution in [3.63, 3.8) is 0 Å². The highest BCUT2D eigenvalue weighted by molar-refractivity contribution is 5.69. The van der Waals surface area contributed by atoms with Crippen molar-refractivity contribution in [1.29, 1.82) is 0 Å². The predicted octanol–water partition coefficient (Wildman–Crippen LogP) is 5.31. The molecule has 0 aromatic rings. The van der Waals surface area contributed by atoms with Crippen molar-refractivity contribution in [1.82, 2.24) is 0 Å². The van der Waals surface area contributed by atoms with E-state index in [0.29, 0.717) is 19.3 Å². The number of unbranched alkanes of at least 4 members (excludes halogenated alkanes) is 6. The Morgan fingerprint density at radius 2 is 1.33 bits per heavy atom. The van der Waals surface area contributed by atoms with Crippen LogP contribution >= 0.6 is 0 Å². The first-order chi connectivity index (χ1) is 11.3. The predicted molar refractivity (Wildman–Crippen MR) is 92.5 cm³/mol. The molecule has 0 heterocycles. The molecule has 0 aliphatic heterocycles. The van der Waals surface area contributed by atoms with Gasteiger partial charge in [0.25, 0.3) is 0 Å². The molecule has 24 heavy (non-hydrogen) atoms. The summed E-state index contributed by atoms with van der Waals surface area (Å²) in [7, 11) is 0. The Kier molecular flexibility index (Phi) is 12.3. The molecule has 0 bridgehead atoms. The maximum atomic E-state index is 11.6. The summed E-state index contributed by atoms with van der Waals surface area (Å²) in [5, 5.41) is 18.1. The summed E-state index contributed by atoms with van der Waals surface area (Å²) >= 11 is 0. The highest BCUT2D eigenvalue weighted by atomic mass is 17.2. The first-order valence-electron chi connectivity index (χ1n) is 9.15. The average Bonchev–Trinajstić information content (AvgIpc) is 2.51. The maximum Gasteiger partial charge on any atom is 0.306 e. The van der Waals surface area contributed by atoms with Crippen LogP contribution < -0.4 is 0 Å². The topological polar surface area (TPSA) is 85.2 Å². The summed E-state index contributed by atoms with van der Waals surface area (Å²) in [6.07, 6.45) is 8.66. The molecular weight excluding hydrogens is 312 g/mol. The Balaban J connectivity index is 3.80. The third-order valence-corrected chi connectivity index (χ3v) is 3.85. The Hall–Kier alpha value is -0.690. The molecule has 0 fully saturated rings. The van der Waals surface area contributed by atoms with E-state index < -0.39 is 11.4 Å². The van der Waals surface area contributed by atoms with Gasteiger partial charge in [0.2, 0.25) is 5.79 Å². The molecule has 0 atom stereocenters. The highest BCUT2D eigenvalue weighted by Gasteiger charge is 2.32. The van der Waals surface area contributed by atoms with E-state index in [-0.39, 0.29) is 5.97 Å². The van der Waals surface area contributed by atoms with Crippen molar-refractivity contribution in [2.45, 2.75) is 110 Å². The van der Waals surface area contributed by atoms with Gasteiger partial charge in [-0.3, -0.25) is 4.79 Å². The van der Waals surface area contributed by atoms with Gasteiger partial charge in [0.15, 0.2) is 0 Å². The second kappa shape index (κ2) is 12.6. The van der Waals surface area contributed by atoms with E-state index in [0.717, 1.165) is 51.4 Å². The van der Waals surface area contributed by atoms with E-state index in [1.54, 1.807) is 0 Å². The van der Waals surface area contributed by atoms with E-state index in [2.05, 4.69) is 16.7 Å². The number of carbonyl (C=O) groups excluding carboxylic acids is 1. The molecule has 6 nitrogen and oxygen atoms in total. The van der Waals surface area contributed by atoms with Crippen molar-refractivity contribution in [3.05, 3.63) is 0 Å². The largest absolute Gasteiger partial charge is 0.460 e. The molecule has 0 spiro atoms. The van der Waals surface area contributed by atoms with Crippen molar-refractivity contribution < 1.29 is 29.8 Å². The van der Waals surface area contributed by atoms with Gasteiger partial charge < -0.3 is 4.74 Å². The van der Waals surface area contributed by atoms with Crippen molar-refractivity contribution in [2.24, 2.45) is 0 Å². The molecule has 0 aromatic heterocycles. The van der Waals surface area contributed by atoms with Crippen molar-refractivity contribution in [2.75, 3.05) is 0 Å². The average molecular weight is 348 g/mol. The van der Waals surface area contributed by atoms with Crippen LogP contribution in [0.25, 0.3) is 0 Å². The summed E-state index contributed by atoms with van der Waals surface area (Å²) in [6.45, 7) is 7.68. The monoisotopic (exact) mass is 348 g/mol. The van der Waals surface area contributed by atoms with Crippen LogP contribution in [0.5, 0.6) is 0 Å². The highest BCUT2D eigenvalue weighted by Crippen LogP contribution is 2.26. The fourth-order valence-corrected chi connectivity index (χ4v) is 2.56. The zero-order valence-corrected chi connectivity index (χ0v) is 15.8. The van der Waals surface area contributed by atoms with E-state index >= 15 is 0 Å². The number of carbonyl (C=O) groups is 1. The minimum Gasteiger partial charge on any atom is -0.460 e. The molecule has 0 radical (unpaired) electrons. The SMILES string of the molecule is CCCCCC(CCCCCCCC(=O)OC(C)(C)C)(OO)OO. The van der Waals surface area contributed by atoms with Crippen molar-refractivity contribution in [3.8, 4) is 0 Å². The first-order valence-corrected chi connectivity index (χ1v) is 9.15. The fraction of sp³-hybridized carbons (Fsp3) is 0.944. The van der Waals surface area contributed by atoms with Gasteiger partial charge in [0, 0.05) is 19.3 Å². The third-order valence-electron chi connectivity index (χ3n) is 3.85. The molecular formula is C18H36O6. The van der Waals surface area contributed by atoms with Gasteiger partial charge in [-0.15, -0.1) is 0 Å². The molecule has 0 amide bonds. The second-order valence-corrected chi connectivity index (χ2v) is 7.40. The Morgan fingerprint density at radius 1 is 0.833 bits per heavy atom. The van der Waals surface area contributed by atoms with Gasteiger partial charge in [-0.05, 0) is 40.0 Å². The molecule has 0 aliphatic carbocycles. The minimum atomic E-state index is -1.30. The Morgan fingerprint density at radius 3 is 1.83 bits per heavy atom. The van der Waals surface area contributed by atoms with Gasteiger partial charge in [-0.2, -0.15) is 0 Å². The lowest BCUT2D eigenvalue weighted by Crippen LogP contribution is -2.34.